The standard InChI is InChI=1S/C39H70O12S/c1-3-5-6-7-8-9-10-11-12-13-14-15-16-17-18-19-20-21-22-23-24-25-26-27-29-47-31-33(49-35(41)28-4-2)32-48-39-37(43)38(51-52(44,45)46)36(42)34(30-40)50-39/h10-11,13-14,16-17,33-34,36-40,42-43H,3-9,12,15,18-32H2,1-2H3,(H,44,45,46)/b11-10-,14-13-,17-16-. The molecule has 1 aliphatic rings. The minimum absolute atomic E-state index is 0.0259. The molecule has 12 nitrogen and oxygen atoms in total. The lowest BCUT2D eigenvalue weighted by atomic mass is 9.99. The number of allylic oxidation sites excluding steroid dienone is 6. The van der Waals surface area contributed by atoms with Gasteiger partial charge < -0.3 is 34.3 Å². The second-order valence-corrected chi connectivity index (χ2v) is 14.6. The number of hydrogen-bond donors (Lipinski definition) is 4. The third-order valence-corrected chi connectivity index (χ3v) is 9.20. The molecular weight excluding hydrogens is 692 g/mol. The maximum absolute atomic E-state index is 12.2. The quantitative estimate of drug-likeness (QED) is 0.0232. The second-order valence-electron chi connectivity index (χ2n) is 13.5. The number of aliphatic hydroxyl groups excluding tert-OH is 3. The van der Waals surface area contributed by atoms with Crippen molar-refractivity contribution in [2.45, 2.75) is 179 Å². The van der Waals surface area contributed by atoms with Gasteiger partial charge in [-0.05, 0) is 51.4 Å². The van der Waals surface area contributed by atoms with E-state index in [0.717, 1.165) is 38.5 Å². The first-order valence-electron chi connectivity index (χ1n) is 19.7. The summed E-state index contributed by atoms with van der Waals surface area (Å²) in [5, 5.41) is 30.2. The lowest BCUT2D eigenvalue weighted by Crippen LogP contribution is -2.60. The molecule has 52 heavy (non-hydrogen) atoms. The zero-order valence-electron chi connectivity index (χ0n) is 31.9. The molecule has 13 heteroatoms. The molecule has 0 radical (unpaired) electrons. The van der Waals surface area contributed by atoms with E-state index in [1.54, 1.807) is 0 Å². The second kappa shape index (κ2) is 31.6. The molecule has 4 N–H and O–H groups in total. The van der Waals surface area contributed by atoms with Gasteiger partial charge in [-0.1, -0.05) is 121 Å². The van der Waals surface area contributed by atoms with Gasteiger partial charge in [0.2, 0.25) is 0 Å². The predicted molar refractivity (Wildman–Crippen MR) is 202 cm³/mol. The Kier molecular flexibility index (Phi) is 29.4. The molecule has 6 unspecified atom stereocenters. The molecule has 0 aromatic heterocycles. The number of rotatable bonds is 33. The summed E-state index contributed by atoms with van der Waals surface area (Å²) < 4.78 is 58.0. The van der Waals surface area contributed by atoms with Crippen LogP contribution in [0.25, 0.3) is 0 Å². The zero-order chi connectivity index (χ0) is 38.3. The maximum atomic E-state index is 12.2. The van der Waals surface area contributed by atoms with E-state index in [1.165, 1.54) is 77.0 Å². The van der Waals surface area contributed by atoms with Gasteiger partial charge in [0, 0.05) is 13.0 Å². The van der Waals surface area contributed by atoms with Gasteiger partial charge in [0.25, 0.3) is 0 Å². The number of carbonyl (C=O) groups excluding carboxylic acids is 1. The van der Waals surface area contributed by atoms with E-state index in [4.69, 9.17) is 23.5 Å². The summed E-state index contributed by atoms with van der Waals surface area (Å²) in [5.74, 6) is -0.456. The molecule has 0 saturated carbocycles. The highest BCUT2D eigenvalue weighted by molar-refractivity contribution is 7.80. The molecule has 1 rings (SSSR count). The van der Waals surface area contributed by atoms with E-state index >= 15 is 0 Å². The molecular formula is C39H70O12S. The SMILES string of the molecule is CCCCCCC/C=C\C/C=C\C/C=C\CCCCCCCCCCCOCC(COC1OC(CO)C(O)C(OS(=O)(=O)O)C1O)OC(=O)CCC. The smallest absolute Gasteiger partial charge is 0.397 e. The van der Waals surface area contributed by atoms with Crippen molar-refractivity contribution in [2.75, 3.05) is 26.4 Å². The van der Waals surface area contributed by atoms with Crippen molar-refractivity contribution >= 4 is 16.4 Å². The van der Waals surface area contributed by atoms with E-state index in [1.807, 2.05) is 6.92 Å². The molecule has 1 fully saturated rings. The molecule has 1 saturated heterocycles. The first-order chi connectivity index (χ1) is 25.1. The van der Waals surface area contributed by atoms with Crippen LogP contribution in [0.4, 0.5) is 0 Å². The molecule has 0 amide bonds. The first-order valence-corrected chi connectivity index (χ1v) is 21.1. The Balaban J connectivity index is 2.16. The Morgan fingerprint density at radius 2 is 1.27 bits per heavy atom. The third kappa shape index (κ3) is 25.4. The minimum atomic E-state index is -5.04. The molecule has 0 bridgehead atoms. The number of ether oxygens (including phenoxy) is 4. The van der Waals surface area contributed by atoms with Crippen molar-refractivity contribution in [3.63, 3.8) is 0 Å². The summed E-state index contributed by atoms with van der Waals surface area (Å²) in [6, 6.07) is 0. The maximum Gasteiger partial charge on any atom is 0.397 e. The Hall–Kier alpha value is -1.68. The summed E-state index contributed by atoms with van der Waals surface area (Å²) in [5.41, 5.74) is 0. The van der Waals surface area contributed by atoms with Crippen LogP contribution in [0.3, 0.4) is 0 Å². The van der Waals surface area contributed by atoms with Gasteiger partial charge in [0.15, 0.2) is 6.29 Å². The van der Waals surface area contributed by atoms with Crippen molar-refractivity contribution in [3.05, 3.63) is 36.5 Å². The predicted octanol–water partition coefficient (Wildman–Crippen LogP) is 7.07. The summed E-state index contributed by atoms with van der Waals surface area (Å²) in [4.78, 5) is 12.2. The van der Waals surface area contributed by atoms with Crippen LogP contribution >= 0.6 is 0 Å². The van der Waals surface area contributed by atoms with E-state index in [0.29, 0.717) is 13.0 Å². The highest BCUT2D eigenvalue weighted by Crippen LogP contribution is 2.26. The largest absolute Gasteiger partial charge is 0.457 e. The molecule has 0 aliphatic carbocycles. The fourth-order valence-corrected chi connectivity index (χ4v) is 6.28. The van der Waals surface area contributed by atoms with Crippen molar-refractivity contribution in [1.29, 1.82) is 0 Å². The fraction of sp³-hybridized carbons (Fsp3) is 0.821. The van der Waals surface area contributed by atoms with E-state index < -0.39 is 59.8 Å². The lowest BCUT2D eigenvalue weighted by molar-refractivity contribution is -0.301. The summed E-state index contributed by atoms with van der Waals surface area (Å²) in [7, 11) is -5.04. The molecule has 0 aromatic rings. The number of carbonyl (C=O) groups is 1. The molecule has 1 aliphatic heterocycles. The van der Waals surface area contributed by atoms with Gasteiger partial charge in [0.1, 0.15) is 30.5 Å². The zero-order valence-corrected chi connectivity index (χ0v) is 32.7. The fourth-order valence-electron chi connectivity index (χ4n) is 5.77. The Morgan fingerprint density at radius 3 is 1.81 bits per heavy atom. The van der Waals surface area contributed by atoms with Crippen molar-refractivity contribution in [3.8, 4) is 0 Å². The van der Waals surface area contributed by atoms with Gasteiger partial charge >= 0.3 is 16.4 Å². The van der Waals surface area contributed by atoms with Gasteiger partial charge in [-0.25, -0.2) is 4.18 Å². The summed E-state index contributed by atoms with van der Waals surface area (Å²) in [6.45, 7) is 3.55. The summed E-state index contributed by atoms with van der Waals surface area (Å²) >= 11 is 0. The average molecular weight is 763 g/mol. The van der Waals surface area contributed by atoms with Crippen molar-refractivity contribution in [2.24, 2.45) is 0 Å². The van der Waals surface area contributed by atoms with Crippen LogP contribution in [0, 0.1) is 0 Å². The topological polar surface area (TPSA) is 178 Å². The molecule has 0 spiro atoms. The Labute approximate surface area is 313 Å². The van der Waals surface area contributed by atoms with Crippen molar-refractivity contribution < 1.29 is 56.2 Å². The van der Waals surface area contributed by atoms with Crippen LogP contribution in [-0.4, -0.2) is 97.5 Å². The number of esters is 1. The van der Waals surface area contributed by atoms with Gasteiger partial charge in [-0.15, -0.1) is 0 Å². The van der Waals surface area contributed by atoms with E-state index in [-0.39, 0.29) is 19.6 Å². The van der Waals surface area contributed by atoms with Crippen LogP contribution in [0.1, 0.15) is 142 Å². The lowest BCUT2D eigenvalue weighted by Gasteiger charge is -2.41. The Morgan fingerprint density at radius 1 is 0.731 bits per heavy atom. The number of unbranched alkanes of at least 4 members (excludes halogenated alkanes) is 14. The summed E-state index contributed by atoms with van der Waals surface area (Å²) in [6.07, 6.45) is 26.7. The number of aliphatic hydroxyl groups is 3. The van der Waals surface area contributed by atoms with Crippen LogP contribution in [0.15, 0.2) is 36.5 Å². The van der Waals surface area contributed by atoms with Crippen molar-refractivity contribution in [1.82, 2.24) is 0 Å². The highest BCUT2D eigenvalue weighted by atomic mass is 32.3. The third-order valence-electron chi connectivity index (χ3n) is 8.74. The Bertz CT molecular complexity index is 1060. The van der Waals surface area contributed by atoms with E-state index in [2.05, 4.69) is 47.6 Å². The van der Waals surface area contributed by atoms with Gasteiger partial charge in [-0.3, -0.25) is 9.35 Å². The minimum Gasteiger partial charge on any atom is -0.457 e. The monoisotopic (exact) mass is 762 g/mol. The van der Waals surface area contributed by atoms with Gasteiger partial charge in [0.05, 0.1) is 19.8 Å². The number of hydrogen-bond acceptors (Lipinski definition) is 11. The van der Waals surface area contributed by atoms with Crippen LogP contribution in [0.5, 0.6) is 0 Å². The normalized spacial score (nSPS) is 21.8. The van der Waals surface area contributed by atoms with Crippen LogP contribution in [-0.2, 0) is 38.3 Å². The van der Waals surface area contributed by atoms with E-state index in [9.17, 15) is 28.5 Å². The van der Waals surface area contributed by atoms with Gasteiger partial charge in [-0.2, -0.15) is 8.42 Å². The molecule has 6 atom stereocenters. The van der Waals surface area contributed by atoms with Crippen LogP contribution < -0.4 is 0 Å². The molecule has 304 valence electrons. The van der Waals surface area contributed by atoms with Crippen LogP contribution in [0.2, 0.25) is 0 Å². The molecule has 1 heterocycles. The molecule has 0 aromatic carbocycles. The first kappa shape index (κ1) is 48.3. The average Bonchev–Trinajstić information content (AvgIpc) is 3.10. The highest BCUT2D eigenvalue weighted by Gasteiger charge is 2.48.